The first-order chi connectivity index (χ1) is 23.0. The third-order valence-electron chi connectivity index (χ3n) is 8.52. The minimum atomic E-state index is -1.64. The van der Waals surface area contributed by atoms with E-state index >= 15 is 0 Å². The van der Waals surface area contributed by atoms with Crippen LogP contribution in [-0.2, 0) is 21.4 Å². The van der Waals surface area contributed by atoms with E-state index in [1.165, 1.54) is 14.2 Å². The number of nitrogens with one attached hydrogen (secondary N) is 2. The highest BCUT2D eigenvalue weighted by Crippen LogP contribution is 2.43. The summed E-state index contributed by atoms with van der Waals surface area (Å²) >= 11 is 3.60. The Bertz CT molecular complexity index is 1840. The number of primary amides is 2. The maximum atomic E-state index is 14.4. The zero-order valence-electron chi connectivity index (χ0n) is 29.1. The van der Waals surface area contributed by atoms with Crippen molar-refractivity contribution in [1.29, 1.82) is 0 Å². The number of imidazole rings is 1. The van der Waals surface area contributed by atoms with Crippen LogP contribution in [0.1, 0.15) is 72.0 Å². The maximum Gasteiger partial charge on any atom is 0.407 e. The first kappa shape index (κ1) is 37.0. The molecule has 0 aliphatic rings. The lowest BCUT2D eigenvalue weighted by atomic mass is 9.63. The zero-order valence-corrected chi connectivity index (χ0v) is 30.7. The molecule has 1 aromatic heterocycles. The van der Waals surface area contributed by atoms with Crippen molar-refractivity contribution in [1.82, 2.24) is 15.3 Å². The Morgan fingerprint density at radius 3 is 2.14 bits per heavy atom. The summed E-state index contributed by atoms with van der Waals surface area (Å²) < 4.78 is 17.7. The molecule has 0 bridgehead atoms. The lowest BCUT2D eigenvalue weighted by Gasteiger charge is -2.43. The number of methoxy groups -OCH3 is 2. The number of rotatable bonds is 12. The van der Waals surface area contributed by atoms with Crippen LogP contribution in [0.25, 0.3) is 11.3 Å². The van der Waals surface area contributed by atoms with Crippen LogP contribution in [0.4, 0.5) is 4.79 Å². The maximum absolute atomic E-state index is 14.4. The molecule has 260 valence electrons. The fourth-order valence-electron chi connectivity index (χ4n) is 6.48. The molecule has 0 aliphatic carbocycles. The third-order valence-corrected chi connectivity index (χ3v) is 9.21. The van der Waals surface area contributed by atoms with Crippen molar-refractivity contribution in [3.05, 3.63) is 98.9 Å². The van der Waals surface area contributed by atoms with Gasteiger partial charge < -0.3 is 36.0 Å². The number of benzene rings is 3. The fraction of sp³-hybridized carbons (Fsp3) is 0.351. The van der Waals surface area contributed by atoms with Crippen LogP contribution in [0.3, 0.4) is 0 Å². The molecule has 0 aliphatic heterocycles. The quantitative estimate of drug-likeness (QED) is 0.134. The number of halogens is 1. The Morgan fingerprint density at radius 2 is 1.59 bits per heavy atom. The number of hydrogen-bond donors (Lipinski definition) is 4. The largest absolute Gasteiger partial charge is 0.493 e. The predicted molar refractivity (Wildman–Crippen MR) is 192 cm³/mol. The molecule has 3 unspecified atom stereocenters. The summed E-state index contributed by atoms with van der Waals surface area (Å²) in [6.07, 6.45) is 1.04. The van der Waals surface area contributed by atoms with E-state index in [-0.39, 0.29) is 12.0 Å². The fourth-order valence-corrected chi connectivity index (χ4v) is 6.97. The molecule has 1 heterocycles. The highest BCUT2D eigenvalue weighted by Gasteiger charge is 2.52. The average molecular weight is 735 g/mol. The number of alkyl carbamates (subject to hydrolysis) is 1. The summed E-state index contributed by atoms with van der Waals surface area (Å²) in [7, 11) is 3.06. The second kappa shape index (κ2) is 14.7. The second-order valence-corrected chi connectivity index (χ2v) is 14.0. The molecular weight excluding hydrogens is 690 g/mol. The normalized spacial score (nSPS) is 13.9. The third kappa shape index (κ3) is 7.91. The van der Waals surface area contributed by atoms with Gasteiger partial charge in [0.15, 0.2) is 11.5 Å². The molecule has 12 heteroatoms. The van der Waals surface area contributed by atoms with Gasteiger partial charge in [0.25, 0.3) is 0 Å². The molecule has 49 heavy (non-hydrogen) atoms. The number of aromatic amines is 1. The number of amides is 3. The molecule has 6 N–H and O–H groups in total. The van der Waals surface area contributed by atoms with E-state index < -0.39 is 40.9 Å². The van der Waals surface area contributed by atoms with Gasteiger partial charge in [0.05, 0.1) is 31.4 Å². The van der Waals surface area contributed by atoms with Gasteiger partial charge in [0.1, 0.15) is 11.4 Å². The van der Waals surface area contributed by atoms with Crippen molar-refractivity contribution >= 4 is 33.8 Å². The first-order valence-corrected chi connectivity index (χ1v) is 16.5. The van der Waals surface area contributed by atoms with Gasteiger partial charge in [-0.3, -0.25) is 9.59 Å². The van der Waals surface area contributed by atoms with E-state index in [1.807, 2.05) is 37.3 Å². The summed E-state index contributed by atoms with van der Waals surface area (Å²) in [6, 6.07) is 15.2. The SMILES string of the molecule is COc1ccc(CC(C(N)=O)(c2c(C)cc(C(N)=O)cc2C)C(NC(=O)OC(C)(C)C)C(C)c2nc(-c3ccccc3Br)c[nH]2)cc1OC. The summed E-state index contributed by atoms with van der Waals surface area (Å²) in [5.41, 5.74) is 13.9. The number of hydrogen-bond acceptors (Lipinski definition) is 7. The Kier molecular flexibility index (Phi) is 11.1. The number of aromatic nitrogens is 2. The van der Waals surface area contributed by atoms with Gasteiger partial charge in [0.2, 0.25) is 11.8 Å². The summed E-state index contributed by atoms with van der Waals surface area (Å²) in [5.74, 6) is -0.536. The lowest BCUT2D eigenvalue weighted by Crippen LogP contribution is -2.61. The van der Waals surface area contributed by atoms with Gasteiger partial charge in [-0.25, -0.2) is 9.78 Å². The van der Waals surface area contributed by atoms with Crippen molar-refractivity contribution in [3.8, 4) is 22.8 Å². The van der Waals surface area contributed by atoms with Crippen LogP contribution in [0.15, 0.2) is 65.3 Å². The topological polar surface area (TPSA) is 172 Å². The Labute approximate surface area is 295 Å². The van der Waals surface area contributed by atoms with Gasteiger partial charge in [-0.05, 0) is 93.6 Å². The number of nitrogens with zero attached hydrogens (tertiary/aromatic N) is 1. The van der Waals surface area contributed by atoms with E-state index in [9.17, 15) is 14.4 Å². The second-order valence-electron chi connectivity index (χ2n) is 13.1. The monoisotopic (exact) mass is 733 g/mol. The smallest absolute Gasteiger partial charge is 0.407 e. The highest BCUT2D eigenvalue weighted by molar-refractivity contribution is 9.10. The molecule has 0 spiro atoms. The average Bonchev–Trinajstić information content (AvgIpc) is 3.51. The van der Waals surface area contributed by atoms with Crippen LogP contribution in [0, 0.1) is 13.8 Å². The predicted octanol–water partition coefficient (Wildman–Crippen LogP) is 6.23. The molecule has 11 nitrogen and oxygen atoms in total. The number of carbonyl (C=O) groups excluding carboxylic acids is 3. The standard InChI is InChI=1S/C37H44BrN5O6/c1-20-15-24(32(39)44)16-21(2)30(20)37(34(40)45,18-23-13-14-28(47-7)29(17-23)48-8)31(43-35(46)49-36(4,5)6)22(3)33-41-19-27(42-33)25-11-9-10-12-26(25)38/h9-17,19,22,31H,18H2,1-8H3,(H2,39,44)(H2,40,45)(H,41,42)(H,43,46). The summed E-state index contributed by atoms with van der Waals surface area (Å²) in [5, 5.41) is 3.04. The molecule has 0 saturated carbocycles. The molecular formula is C37H44BrN5O6. The number of ether oxygens (including phenoxy) is 3. The Balaban J connectivity index is 2.03. The Morgan fingerprint density at radius 1 is 0.959 bits per heavy atom. The van der Waals surface area contributed by atoms with Crippen molar-refractivity contribution < 1.29 is 28.6 Å². The van der Waals surface area contributed by atoms with E-state index in [4.69, 9.17) is 30.7 Å². The molecule has 0 radical (unpaired) electrons. The van der Waals surface area contributed by atoms with Gasteiger partial charge in [-0.15, -0.1) is 0 Å². The van der Waals surface area contributed by atoms with E-state index in [2.05, 4.69) is 26.2 Å². The van der Waals surface area contributed by atoms with Crippen LogP contribution in [0.2, 0.25) is 0 Å². The van der Waals surface area contributed by atoms with E-state index in [0.717, 1.165) is 10.0 Å². The highest BCUT2D eigenvalue weighted by atomic mass is 79.9. The molecule has 0 saturated heterocycles. The molecule has 3 aromatic carbocycles. The van der Waals surface area contributed by atoms with Crippen molar-refractivity contribution in [2.75, 3.05) is 14.2 Å². The number of H-pyrrole nitrogens is 1. The summed E-state index contributed by atoms with van der Waals surface area (Å²) in [6.45, 7) is 10.7. The van der Waals surface area contributed by atoms with Gasteiger partial charge >= 0.3 is 6.09 Å². The van der Waals surface area contributed by atoms with Gasteiger partial charge in [-0.2, -0.15) is 0 Å². The molecule has 3 amide bonds. The number of aryl methyl sites for hydroxylation is 2. The van der Waals surface area contributed by atoms with Crippen molar-refractivity contribution in [2.45, 2.75) is 70.9 Å². The minimum absolute atomic E-state index is 0.0168. The van der Waals surface area contributed by atoms with Crippen LogP contribution < -0.4 is 26.3 Å². The van der Waals surface area contributed by atoms with Crippen LogP contribution in [-0.4, -0.2) is 53.7 Å². The molecule has 4 rings (SSSR count). The van der Waals surface area contributed by atoms with Crippen LogP contribution >= 0.6 is 15.9 Å². The van der Waals surface area contributed by atoms with Crippen molar-refractivity contribution in [2.24, 2.45) is 11.5 Å². The summed E-state index contributed by atoms with van der Waals surface area (Å²) in [4.78, 5) is 48.6. The van der Waals surface area contributed by atoms with Gasteiger partial charge in [0, 0.05) is 27.7 Å². The van der Waals surface area contributed by atoms with E-state index in [0.29, 0.717) is 45.3 Å². The van der Waals surface area contributed by atoms with Gasteiger partial charge in [-0.1, -0.05) is 47.1 Å². The first-order valence-electron chi connectivity index (χ1n) is 15.7. The zero-order chi connectivity index (χ0) is 36.3. The Hall–Kier alpha value is -4.84. The van der Waals surface area contributed by atoms with Crippen LogP contribution in [0.5, 0.6) is 11.5 Å². The number of carbonyl (C=O) groups is 3. The number of nitrogens with two attached hydrogens (primary N) is 2. The minimum Gasteiger partial charge on any atom is -0.493 e. The molecule has 3 atom stereocenters. The van der Waals surface area contributed by atoms with Crippen molar-refractivity contribution in [3.63, 3.8) is 0 Å². The molecule has 4 aromatic rings. The molecule has 0 fully saturated rings. The lowest BCUT2D eigenvalue weighted by molar-refractivity contribution is -0.125. The van der Waals surface area contributed by atoms with E-state index in [1.54, 1.807) is 65.1 Å².